The molecule has 1 rings (SSSR count). The molecule has 0 bridgehead atoms. The van der Waals surface area contributed by atoms with E-state index in [1.54, 1.807) is 0 Å². The van der Waals surface area contributed by atoms with Crippen molar-refractivity contribution in [1.29, 1.82) is 0 Å². The van der Waals surface area contributed by atoms with Gasteiger partial charge in [-0.15, -0.1) is 11.8 Å². The van der Waals surface area contributed by atoms with Crippen LogP contribution in [0.1, 0.15) is 13.3 Å². The van der Waals surface area contributed by atoms with Crippen molar-refractivity contribution in [1.82, 2.24) is 10.3 Å². The molecule has 2 unspecified atom stereocenters. The van der Waals surface area contributed by atoms with Crippen LogP contribution in [-0.4, -0.2) is 43.8 Å². The third-order valence-electron chi connectivity index (χ3n) is 2.46. The van der Waals surface area contributed by atoms with E-state index in [1.165, 1.54) is 0 Å². The molecule has 3 N–H and O–H groups in total. The molecule has 14 heavy (non-hydrogen) atoms. The normalized spacial score (nSPS) is 25.2. The minimum atomic E-state index is 0.130. The Kier molecular flexibility index (Phi) is 4.91. The summed E-state index contributed by atoms with van der Waals surface area (Å²) in [6, 6.07) is 0.130. The summed E-state index contributed by atoms with van der Waals surface area (Å²) in [4.78, 5) is 2.25. The van der Waals surface area contributed by atoms with Gasteiger partial charge in [-0.2, -0.15) is 0 Å². The van der Waals surface area contributed by atoms with E-state index < -0.39 is 0 Å². The number of nitrogens with one attached hydrogen (secondary N) is 1. The van der Waals surface area contributed by atoms with E-state index in [-0.39, 0.29) is 12.1 Å². The summed E-state index contributed by atoms with van der Waals surface area (Å²) in [6.07, 6.45) is 0.894. The van der Waals surface area contributed by atoms with Gasteiger partial charge in [0.15, 0.2) is 0 Å². The lowest BCUT2D eigenvalue weighted by atomic mass is 10.1. The maximum atomic E-state index is 5.65. The largest absolute Gasteiger partial charge is 0.374 e. The highest BCUT2D eigenvalue weighted by Gasteiger charge is 2.25. The summed E-state index contributed by atoms with van der Waals surface area (Å²) in [5, 5.41) is 0. The van der Waals surface area contributed by atoms with E-state index >= 15 is 0 Å². The zero-order valence-corrected chi connectivity index (χ0v) is 8.92. The molecule has 0 spiro atoms. The van der Waals surface area contributed by atoms with Gasteiger partial charge in [-0.1, -0.05) is 0 Å². The lowest BCUT2D eigenvalue weighted by Crippen LogP contribution is -2.52. The highest BCUT2D eigenvalue weighted by Crippen LogP contribution is 2.09. The lowest BCUT2D eigenvalue weighted by molar-refractivity contribution is -0.0376. The molecule has 2 atom stereocenters. The summed E-state index contributed by atoms with van der Waals surface area (Å²) in [5.41, 5.74) is 2.77. The lowest BCUT2D eigenvalue weighted by Gasteiger charge is -2.34. The Bertz CT molecular complexity index is 221. The average molecular weight is 197 g/mol. The molecule has 4 heteroatoms. The third kappa shape index (κ3) is 3.28. The molecule has 1 aliphatic rings. The molecule has 1 saturated heterocycles. The fourth-order valence-corrected chi connectivity index (χ4v) is 1.56. The summed E-state index contributed by atoms with van der Waals surface area (Å²) < 4.78 is 5.65. The first-order valence-electron chi connectivity index (χ1n) is 4.93. The highest BCUT2D eigenvalue weighted by molar-refractivity contribution is 5.00. The topological polar surface area (TPSA) is 50.5 Å². The second-order valence-corrected chi connectivity index (χ2v) is 3.58. The summed E-state index contributed by atoms with van der Waals surface area (Å²) in [5.74, 6) is 11.4. The van der Waals surface area contributed by atoms with Crippen LogP contribution in [0, 0.1) is 11.8 Å². The van der Waals surface area contributed by atoms with Crippen LogP contribution >= 0.6 is 0 Å². The Morgan fingerprint density at radius 1 is 1.71 bits per heavy atom. The second-order valence-electron chi connectivity index (χ2n) is 3.58. The summed E-state index contributed by atoms with van der Waals surface area (Å²) >= 11 is 0. The Morgan fingerprint density at radius 2 is 2.50 bits per heavy atom. The standard InChI is InChI=1S/C10H19N3O/c1-3-4-5-9(12-11)10-8-13(2)6-7-14-10/h9-10,12H,5-8,11H2,1-2H3. The van der Waals surface area contributed by atoms with E-state index in [4.69, 9.17) is 10.6 Å². The van der Waals surface area contributed by atoms with Gasteiger partial charge in [0.25, 0.3) is 0 Å². The Hall–Kier alpha value is -0.600. The van der Waals surface area contributed by atoms with Gasteiger partial charge in [0.1, 0.15) is 0 Å². The van der Waals surface area contributed by atoms with Crippen LogP contribution in [0.5, 0.6) is 0 Å². The fraction of sp³-hybridized carbons (Fsp3) is 0.800. The first-order valence-corrected chi connectivity index (χ1v) is 4.93. The van der Waals surface area contributed by atoms with Crippen molar-refractivity contribution >= 4 is 0 Å². The Labute approximate surface area is 85.8 Å². The minimum absolute atomic E-state index is 0.130. The van der Waals surface area contributed by atoms with E-state index in [0.29, 0.717) is 0 Å². The Morgan fingerprint density at radius 3 is 3.07 bits per heavy atom. The molecule has 80 valence electrons. The number of hydrogen-bond donors (Lipinski definition) is 2. The SMILES string of the molecule is CC#CCC(NN)C1CN(C)CCO1. The van der Waals surface area contributed by atoms with Gasteiger partial charge in [0, 0.05) is 19.5 Å². The number of hydrogen-bond acceptors (Lipinski definition) is 4. The third-order valence-corrected chi connectivity index (χ3v) is 2.46. The number of rotatable bonds is 3. The number of nitrogens with zero attached hydrogens (tertiary/aromatic N) is 1. The predicted octanol–water partition coefficient (Wildman–Crippen LogP) is -0.438. The monoisotopic (exact) mass is 197 g/mol. The molecular formula is C10H19N3O. The van der Waals surface area contributed by atoms with Crippen LogP contribution in [0.3, 0.4) is 0 Å². The maximum absolute atomic E-state index is 5.65. The number of ether oxygens (including phenoxy) is 1. The molecule has 0 saturated carbocycles. The minimum Gasteiger partial charge on any atom is -0.374 e. The van der Waals surface area contributed by atoms with Gasteiger partial charge in [-0.05, 0) is 14.0 Å². The van der Waals surface area contributed by atoms with Crippen molar-refractivity contribution in [3.05, 3.63) is 0 Å². The molecule has 0 aliphatic carbocycles. The first kappa shape index (κ1) is 11.5. The van der Waals surface area contributed by atoms with E-state index in [2.05, 4.69) is 29.2 Å². The van der Waals surface area contributed by atoms with Crippen LogP contribution in [0.15, 0.2) is 0 Å². The van der Waals surface area contributed by atoms with E-state index in [0.717, 1.165) is 26.1 Å². The van der Waals surface area contributed by atoms with E-state index in [9.17, 15) is 0 Å². The predicted molar refractivity (Wildman–Crippen MR) is 56.4 cm³/mol. The summed E-state index contributed by atoms with van der Waals surface area (Å²) in [7, 11) is 2.09. The van der Waals surface area contributed by atoms with Gasteiger partial charge in [0.05, 0.1) is 18.8 Å². The number of nitrogens with two attached hydrogens (primary N) is 1. The molecule has 1 fully saturated rings. The fourth-order valence-electron chi connectivity index (χ4n) is 1.56. The average Bonchev–Trinajstić information content (AvgIpc) is 2.19. The van der Waals surface area contributed by atoms with E-state index in [1.807, 2.05) is 6.92 Å². The van der Waals surface area contributed by atoms with Crippen molar-refractivity contribution in [2.75, 3.05) is 26.7 Å². The zero-order valence-electron chi connectivity index (χ0n) is 8.92. The molecule has 0 aromatic carbocycles. The van der Waals surface area contributed by atoms with Crippen LogP contribution < -0.4 is 11.3 Å². The molecule has 1 aliphatic heterocycles. The van der Waals surface area contributed by atoms with Gasteiger partial charge < -0.3 is 9.64 Å². The molecule has 0 aromatic heterocycles. The molecule has 0 aromatic rings. The van der Waals surface area contributed by atoms with Crippen LogP contribution in [-0.2, 0) is 4.74 Å². The second kappa shape index (κ2) is 5.99. The van der Waals surface area contributed by atoms with Gasteiger partial charge in [-0.3, -0.25) is 11.3 Å². The van der Waals surface area contributed by atoms with Crippen molar-refractivity contribution < 1.29 is 4.74 Å². The van der Waals surface area contributed by atoms with Gasteiger partial charge in [-0.25, -0.2) is 0 Å². The van der Waals surface area contributed by atoms with Crippen molar-refractivity contribution in [2.45, 2.75) is 25.5 Å². The Balaban J connectivity index is 2.44. The first-order chi connectivity index (χ1) is 6.77. The van der Waals surface area contributed by atoms with Gasteiger partial charge >= 0.3 is 0 Å². The number of hydrazine groups is 1. The maximum Gasteiger partial charge on any atom is 0.0877 e. The van der Waals surface area contributed by atoms with Crippen LogP contribution in [0.25, 0.3) is 0 Å². The molecule has 1 heterocycles. The smallest absolute Gasteiger partial charge is 0.0877 e. The number of morpholine rings is 1. The van der Waals surface area contributed by atoms with Crippen LogP contribution in [0.4, 0.5) is 0 Å². The summed E-state index contributed by atoms with van der Waals surface area (Å²) in [6.45, 7) is 4.52. The molecular weight excluding hydrogens is 178 g/mol. The van der Waals surface area contributed by atoms with Crippen molar-refractivity contribution in [3.8, 4) is 11.8 Å². The quantitative estimate of drug-likeness (QED) is 0.366. The number of likely N-dealkylation sites (N-methyl/N-ethyl adjacent to an activating group) is 1. The zero-order chi connectivity index (χ0) is 10.4. The van der Waals surface area contributed by atoms with Crippen molar-refractivity contribution in [3.63, 3.8) is 0 Å². The van der Waals surface area contributed by atoms with Crippen molar-refractivity contribution in [2.24, 2.45) is 5.84 Å². The highest BCUT2D eigenvalue weighted by atomic mass is 16.5. The molecule has 4 nitrogen and oxygen atoms in total. The van der Waals surface area contributed by atoms with Gasteiger partial charge in [0.2, 0.25) is 0 Å². The molecule has 0 radical (unpaired) electrons. The van der Waals surface area contributed by atoms with Crippen LogP contribution in [0.2, 0.25) is 0 Å². The molecule has 0 amide bonds.